The summed E-state index contributed by atoms with van der Waals surface area (Å²) < 4.78 is 5.03. The summed E-state index contributed by atoms with van der Waals surface area (Å²) in [6.45, 7) is 6.68. The van der Waals surface area contributed by atoms with E-state index in [-0.39, 0.29) is 12.2 Å². The summed E-state index contributed by atoms with van der Waals surface area (Å²) in [4.78, 5) is 23.0. The van der Waals surface area contributed by atoms with Gasteiger partial charge in [0.15, 0.2) is 0 Å². The highest BCUT2D eigenvalue weighted by atomic mass is 35.5. The first-order chi connectivity index (χ1) is 9.99. The molecule has 1 aromatic carbocycles. The van der Waals surface area contributed by atoms with Gasteiger partial charge in [0.25, 0.3) is 0 Å². The van der Waals surface area contributed by atoms with E-state index in [1.54, 1.807) is 33.8 Å². The maximum absolute atomic E-state index is 11.7. The van der Waals surface area contributed by atoms with Crippen molar-refractivity contribution in [2.24, 2.45) is 0 Å². The predicted molar refractivity (Wildman–Crippen MR) is 82.4 cm³/mol. The first-order valence-corrected chi connectivity index (χ1v) is 7.07. The number of ether oxygens (including phenoxy) is 1. The average molecular weight is 330 g/mol. The zero-order valence-electron chi connectivity index (χ0n) is 12.9. The van der Waals surface area contributed by atoms with E-state index in [1.807, 2.05) is 0 Å². The van der Waals surface area contributed by atoms with Crippen molar-refractivity contribution in [1.29, 1.82) is 0 Å². The fourth-order valence-corrected chi connectivity index (χ4v) is 2.13. The Balaban J connectivity index is 2.90. The number of phenolic OH excluding ortho intramolecular Hbond substituents is 1. The lowest BCUT2D eigenvalue weighted by Crippen LogP contribution is -2.44. The van der Waals surface area contributed by atoms with Crippen LogP contribution in [0.5, 0.6) is 5.75 Å². The Bertz CT molecular complexity index is 580. The zero-order valence-corrected chi connectivity index (χ0v) is 13.7. The molecule has 0 fully saturated rings. The van der Waals surface area contributed by atoms with Gasteiger partial charge in [0, 0.05) is 11.4 Å². The second kappa shape index (κ2) is 6.87. The summed E-state index contributed by atoms with van der Waals surface area (Å²) in [5.41, 5.74) is 0.138. The minimum Gasteiger partial charge on any atom is -0.507 e. The number of aromatic hydroxyl groups is 1. The molecule has 122 valence electrons. The third-order valence-corrected chi connectivity index (χ3v) is 2.98. The van der Waals surface area contributed by atoms with Crippen molar-refractivity contribution in [2.45, 2.75) is 45.8 Å². The largest absolute Gasteiger partial charge is 0.507 e. The van der Waals surface area contributed by atoms with Crippen molar-refractivity contribution in [1.82, 2.24) is 5.32 Å². The van der Waals surface area contributed by atoms with E-state index in [0.29, 0.717) is 16.1 Å². The lowest BCUT2D eigenvalue weighted by Gasteiger charge is -2.22. The third kappa shape index (κ3) is 5.44. The predicted octanol–water partition coefficient (Wildman–Crippen LogP) is 2.87. The van der Waals surface area contributed by atoms with Crippen LogP contribution in [0.25, 0.3) is 0 Å². The van der Waals surface area contributed by atoms with Gasteiger partial charge < -0.3 is 20.3 Å². The van der Waals surface area contributed by atoms with E-state index < -0.39 is 23.7 Å². The van der Waals surface area contributed by atoms with E-state index >= 15 is 0 Å². The van der Waals surface area contributed by atoms with Crippen molar-refractivity contribution in [3.8, 4) is 5.75 Å². The number of aryl methyl sites for hydroxylation is 1. The normalized spacial score (nSPS) is 12.6. The molecule has 7 heteroatoms. The molecule has 0 radical (unpaired) electrons. The lowest BCUT2D eigenvalue weighted by molar-refractivity contribution is -0.139. The highest BCUT2D eigenvalue weighted by Gasteiger charge is 2.25. The van der Waals surface area contributed by atoms with Gasteiger partial charge in [0.05, 0.1) is 0 Å². The Labute approximate surface area is 134 Å². The second-order valence-electron chi connectivity index (χ2n) is 5.97. The Morgan fingerprint density at radius 2 is 1.95 bits per heavy atom. The maximum Gasteiger partial charge on any atom is 0.408 e. The number of carbonyl (C=O) groups excluding carboxylic acids is 1. The van der Waals surface area contributed by atoms with Gasteiger partial charge >= 0.3 is 12.1 Å². The van der Waals surface area contributed by atoms with Crippen LogP contribution < -0.4 is 5.32 Å². The molecule has 22 heavy (non-hydrogen) atoms. The number of hydrogen-bond donors (Lipinski definition) is 3. The number of halogens is 1. The molecule has 0 saturated carbocycles. The molecule has 1 rings (SSSR count). The van der Waals surface area contributed by atoms with Crippen LogP contribution in [0.15, 0.2) is 12.1 Å². The summed E-state index contributed by atoms with van der Waals surface area (Å²) >= 11 is 5.91. The molecule has 6 nitrogen and oxygen atoms in total. The molecule has 1 amide bonds. The van der Waals surface area contributed by atoms with Gasteiger partial charge in [-0.25, -0.2) is 9.59 Å². The van der Waals surface area contributed by atoms with Crippen LogP contribution in [0.4, 0.5) is 4.79 Å². The number of phenols is 1. The number of rotatable bonds is 4. The van der Waals surface area contributed by atoms with Crippen LogP contribution >= 0.6 is 11.6 Å². The molecule has 0 bridgehead atoms. The zero-order chi connectivity index (χ0) is 17.1. The molecular formula is C15H20ClNO5. The maximum atomic E-state index is 11.7. The van der Waals surface area contributed by atoms with Crippen molar-refractivity contribution < 1.29 is 24.5 Å². The number of amides is 1. The molecule has 1 unspecified atom stereocenters. The Hall–Kier alpha value is -1.95. The summed E-state index contributed by atoms with van der Waals surface area (Å²) in [7, 11) is 0. The van der Waals surface area contributed by atoms with E-state index in [2.05, 4.69) is 5.32 Å². The number of carbonyl (C=O) groups is 2. The fraction of sp³-hybridized carbons (Fsp3) is 0.467. The lowest BCUT2D eigenvalue weighted by atomic mass is 10.0. The van der Waals surface area contributed by atoms with E-state index in [9.17, 15) is 19.8 Å². The molecule has 3 N–H and O–H groups in total. The number of nitrogens with one attached hydrogen (secondary N) is 1. The Morgan fingerprint density at radius 3 is 2.45 bits per heavy atom. The number of alkyl carbamates (subject to hydrolysis) is 1. The molecule has 0 aliphatic rings. The average Bonchev–Trinajstić information content (AvgIpc) is 2.31. The molecule has 0 spiro atoms. The minimum absolute atomic E-state index is 0.0401. The molecule has 0 saturated heterocycles. The van der Waals surface area contributed by atoms with Crippen molar-refractivity contribution >= 4 is 23.7 Å². The van der Waals surface area contributed by atoms with Gasteiger partial charge in [-0.05, 0) is 51.0 Å². The number of benzene rings is 1. The van der Waals surface area contributed by atoms with E-state index in [1.165, 1.54) is 6.07 Å². The summed E-state index contributed by atoms with van der Waals surface area (Å²) in [5.74, 6) is -1.27. The highest BCUT2D eigenvalue weighted by molar-refractivity contribution is 6.30. The molecule has 0 aliphatic heterocycles. The van der Waals surface area contributed by atoms with Crippen LogP contribution in [0.3, 0.4) is 0 Å². The fourth-order valence-electron chi connectivity index (χ4n) is 1.83. The van der Waals surface area contributed by atoms with Gasteiger partial charge in [-0.1, -0.05) is 11.6 Å². The van der Waals surface area contributed by atoms with Gasteiger partial charge in [-0.15, -0.1) is 0 Å². The minimum atomic E-state index is -1.24. The molecule has 1 aromatic rings. The molecule has 0 aromatic heterocycles. The van der Waals surface area contributed by atoms with Crippen LogP contribution in [0.2, 0.25) is 5.02 Å². The van der Waals surface area contributed by atoms with E-state index in [0.717, 1.165) is 0 Å². The first kappa shape index (κ1) is 18.1. The monoisotopic (exact) mass is 329 g/mol. The van der Waals surface area contributed by atoms with Crippen LogP contribution in [0.1, 0.15) is 31.9 Å². The summed E-state index contributed by atoms with van der Waals surface area (Å²) in [6, 6.07) is 1.80. The van der Waals surface area contributed by atoms with Gasteiger partial charge in [0.2, 0.25) is 0 Å². The Morgan fingerprint density at radius 1 is 1.36 bits per heavy atom. The molecule has 0 aliphatic carbocycles. The summed E-state index contributed by atoms with van der Waals surface area (Å²) in [5, 5.41) is 21.9. The third-order valence-electron chi connectivity index (χ3n) is 2.76. The smallest absolute Gasteiger partial charge is 0.408 e. The molecule has 0 heterocycles. The van der Waals surface area contributed by atoms with Gasteiger partial charge in [0.1, 0.15) is 17.4 Å². The van der Waals surface area contributed by atoms with Crippen LogP contribution in [-0.2, 0) is 16.0 Å². The van der Waals surface area contributed by atoms with Gasteiger partial charge in [-0.2, -0.15) is 0 Å². The van der Waals surface area contributed by atoms with Crippen LogP contribution in [-0.4, -0.2) is 33.9 Å². The standard InChI is InChI=1S/C15H20ClNO5/c1-8-5-10(16)6-9(12(8)18)7-11(13(19)20)17-14(21)22-15(2,3)4/h5-6,11,18H,7H2,1-4H3,(H,17,21)(H,19,20). The van der Waals surface area contributed by atoms with E-state index in [4.69, 9.17) is 16.3 Å². The van der Waals surface area contributed by atoms with Crippen molar-refractivity contribution in [2.75, 3.05) is 0 Å². The topological polar surface area (TPSA) is 95.9 Å². The second-order valence-corrected chi connectivity index (χ2v) is 6.41. The van der Waals surface area contributed by atoms with Crippen molar-refractivity contribution in [3.63, 3.8) is 0 Å². The quantitative estimate of drug-likeness (QED) is 0.789. The first-order valence-electron chi connectivity index (χ1n) is 6.70. The molecular weight excluding hydrogens is 310 g/mol. The highest BCUT2D eigenvalue weighted by Crippen LogP contribution is 2.27. The number of carboxylic acids is 1. The molecule has 1 atom stereocenters. The van der Waals surface area contributed by atoms with Crippen molar-refractivity contribution in [3.05, 3.63) is 28.3 Å². The number of hydrogen-bond acceptors (Lipinski definition) is 4. The van der Waals surface area contributed by atoms with Gasteiger partial charge in [-0.3, -0.25) is 0 Å². The number of carboxylic acid groups (broad SMARTS) is 1. The van der Waals surface area contributed by atoms with Crippen LogP contribution in [0, 0.1) is 6.92 Å². The Kier molecular flexibility index (Phi) is 5.65. The summed E-state index contributed by atoms with van der Waals surface area (Å²) in [6.07, 6.45) is -0.944. The number of aliphatic carboxylic acids is 1. The SMILES string of the molecule is Cc1cc(Cl)cc(CC(NC(=O)OC(C)(C)C)C(=O)O)c1O.